The smallest absolute Gasteiger partial charge is 0.327 e. The highest BCUT2D eigenvalue weighted by Crippen LogP contribution is 2.36. The molecule has 2 N–H and O–H groups in total. The van der Waals surface area contributed by atoms with Crippen molar-refractivity contribution in [2.45, 2.75) is 6.04 Å². The van der Waals surface area contributed by atoms with Gasteiger partial charge in [-0.05, 0) is 6.07 Å². The number of methoxy groups -OCH3 is 3. The van der Waals surface area contributed by atoms with Gasteiger partial charge in [-0.25, -0.2) is 4.79 Å². The highest BCUT2D eigenvalue weighted by atomic mass is 16.6. The molecule has 0 aromatic heterocycles. The number of carbonyl (C=O) groups excluding carboxylic acids is 1. The Bertz CT molecular complexity index is 502. The number of hydrogen-bond acceptors (Lipinski definition) is 7. The average Bonchev–Trinajstić information content (AvgIpc) is 2.43. The Morgan fingerprint density at radius 3 is 2.21 bits per heavy atom. The summed E-state index contributed by atoms with van der Waals surface area (Å²) in [6.45, 7) is 0. The van der Waals surface area contributed by atoms with E-state index >= 15 is 0 Å². The van der Waals surface area contributed by atoms with Crippen LogP contribution in [0.25, 0.3) is 0 Å². The molecule has 0 aliphatic heterocycles. The molecule has 0 radical (unpaired) electrons. The number of benzene rings is 1. The second-order valence-electron chi connectivity index (χ2n) is 3.52. The van der Waals surface area contributed by atoms with Gasteiger partial charge in [-0.15, -0.1) is 0 Å². The molecule has 0 aliphatic rings. The van der Waals surface area contributed by atoms with Gasteiger partial charge in [-0.3, -0.25) is 10.1 Å². The van der Waals surface area contributed by atoms with E-state index in [9.17, 15) is 14.9 Å². The van der Waals surface area contributed by atoms with Crippen LogP contribution in [-0.4, -0.2) is 32.2 Å². The van der Waals surface area contributed by atoms with E-state index in [0.29, 0.717) is 0 Å². The quantitative estimate of drug-likeness (QED) is 0.477. The fourth-order valence-electron chi connectivity index (χ4n) is 1.55. The summed E-state index contributed by atoms with van der Waals surface area (Å²) in [6, 6.07) is 1.17. The SMILES string of the molecule is COC(=O)[C@H](N)c1cc(OC)c(OC)cc1[N+](=O)[O-]. The molecule has 0 unspecified atom stereocenters. The fraction of sp³-hybridized carbons (Fsp3) is 0.364. The molecule has 1 aromatic carbocycles. The zero-order valence-corrected chi connectivity index (χ0v) is 10.7. The van der Waals surface area contributed by atoms with Crippen LogP contribution in [-0.2, 0) is 9.53 Å². The van der Waals surface area contributed by atoms with Gasteiger partial charge in [0, 0.05) is 0 Å². The lowest BCUT2D eigenvalue weighted by molar-refractivity contribution is -0.385. The molecule has 0 heterocycles. The lowest BCUT2D eigenvalue weighted by Crippen LogP contribution is -2.23. The van der Waals surface area contributed by atoms with Crippen molar-refractivity contribution in [2.24, 2.45) is 5.73 Å². The van der Waals surface area contributed by atoms with Crippen molar-refractivity contribution in [3.63, 3.8) is 0 Å². The minimum absolute atomic E-state index is 0.00509. The van der Waals surface area contributed by atoms with E-state index in [1.807, 2.05) is 0 Å². The van der Waals surface area contributed by atoms with Crippen LogP contribution >= 0.6 is 0 Å². The summed E-state index contributed by atoms with van der Waals surface area (Å²) < 4.78 is 14.5. The molecule has 104 valence electrons. The van der Waals surface area contributed by atoms with Crippen LogP contribution in [0.4, 0.5) is 5.69 Å². The summed E-state index contributed by atoms with van der Waals surface area (Å²) in [5.74, 6) is -0.368. The third kappa shape index (κ3) is 2.91. The first-order chi connectivity index (χ1) is 8.96. The first kappa shape index (κ1) is 14.7. The first-order valence-electron chi connectivity index (χ1n) is 5.20. The van der Waals surface area contributed by atoms with Crippen LogP contribution < -0.4 is 15.2 Å². The Labute approximate surface area is 109 Å². The Morgan fingerprint density at radius 2 is 1.79 bits per heavy atom. The fourth-order valence-corrected chi connectivity index (χ4v) is 1.55. The molecule has 1 aromatic rings. The zero-order valence-electron chi connectivity index (χ0n) is 10.7. The standard InChI is InChI=1S/C11H14N2O6/c1-17-8-4-6(10(12)11(14)19-3)7(13(15)16)5-9(8)18-2/h4-5,10H,12H2,1-3H3/t10-/m1/s1. The third-order valence-electron chi connectivity index (χ3n) is 2.52. The van der Waals surface area contributed by atoms with Gasteiger partial charge in [0.2, 0.25) is 0 Å². The number of nitrogens with zero attached hydrogens (tertiary/aromatic N) is 1. The monoisotopic (exact) mass is 270 g/mol. The maximum absolute atomic E-state index is 11.4. The summed E-state index contributed by atoms with van der Waals surface area (Å²) in [6.07, 6.45) is 0. The molecule has 0 saturated heterocycles. The summed E-state index contributed by atoms with van der Waals surface area (Å²) in [7, 11) is 3.87. The van der Waals surface area contributed by atoms with Crippen molar-refractivity contribution in [1.29, 1.82) is 0 Å². The molecule has 0 saturated carbocycles. The molecule has 0 aliphatic carbocycles. The predicted octanol–water partition coefficient (Wildman–Crippen LogP) is 0.785. The minimum Gasteiger partial charge on any atom is -0.493 e. The van der Waals surface area contributed by atoms with E-state index in [-0.39, 0.29) is 22.7 Å². The van der Waals surface area contributed by atoms with Gasteiger partial charge in [0.25, 0.3) is 5.69 Å². The van der Waals surface area contributed by atoms with Gasteiger partial charge < -0.3 is 19.9 Å². The molecule has 8 heteroatoms. The second kappa shape index (κ2) is 6.01. The molecular formula is C11H14N2O6. The molecule has 0 amide bonds. The highest BCUT2D eigenvalue weighted by Gasteiger charge is 2.28. The van der Waals surface area contributed by atoms with Crippen LogP contribution in [0, 0.1) is 10.1 Å². The topological polar surface area (TPSA) is 114 Å². The van der Waals surface area contributed by atoms with Crippen molar-refractivity contribution in [3.8, 4) is 11.5 Å². The van der Waals surface area contributed by atoms with Gasteiger partial charge >= 0.3 is 5.97 Å². The number of carbonyl (C=O) groups is 1. The normalized spacial score (nSPS) is 11.6. The largest absolute Gasteiger partial charge is 0.493 e. The van der Waals surface area contributed by atoms with Crippen LogP contribution in [0.3, 0.4) is 0 Å². The van der Waals surface area contributed by atoms with Gasteiger partial charge in [0.1, 0.15) is 6.04 Å². The van der Waals surface area contributed by atoms with Gasteiger partial charge in [0.15, 0.2) is 11.5 Å². The summed E-state index contributed by atoms with van der Waals surface area (Å²) >= 11 is 0. The van der Waals surface area contributed by atoms with E-state index in [1.165, 1.54) is 20.3 Å². The van der Waals surface area contributed by atoms with Crippen LogP contribution in [0.2, 0.25) is 0 Å². The Hall–Kier alpha value is -2.35. The van der Waals surface area contributed by atoms with Crippen molar-refractivity contribution >= 4 is 11.7 Å². The number of esters is 1. The van der Waals surface area contributed by atoms with Gasteiger partial charge in [-0.1, -0.05) is 0 Å². The Balaban J connectivity index is 3.43. The van der Waals surface area contributed by atoms with Crippen LogP contribution in [0.15, 0.2) is 12.1 Å². The highest BCUT2D eigenvalue weighted by molar-refractivity contribution is 5.79. The first-order valence-corrected chi connectivity index (χ1v) is 5.20. The average molecular weight is 270 g/mol. The zero-order chi connectivity index (χ0) is 14.6. The van der Waals surface area contributed by atoms with Gasteiger partial charge in [-0.2, -0.15) is 0 Å². The molecular weight excluding hydrogens is 256 g/mol. The van der Waals surface area contributed by atoms with Crippen LogP contribution in [0.5, 0.6) is 11.5 Å². The second-order valence-corrected chi connectivity index (χ2v) is 3.52. The number of rotatable bonds is 5. The maximum atomic E-state index is 11.4. The Kier molecular flexibility index (Phi) is 4.65. The number of nitro groups is 1. The van der Waals surface area contributed by atoms with E-state index in [0.717, 1.165) is 13.2 Å². The lowest BCUT2D eigenvalue weighted by atomic mass is 10.0. The molecule has 0 spiro atoms. The number of hydrogen-bond donors (Lipinski definition) is 1. The summed E-state index contributed by atoms with van der Waals surface area (Å²) in [4.78, 5) is 21.8. The molecule has 1 rings (SSSR count). The van der Waals surface area contributed by atoms with Crippen molar-refractivity contribution < 1.29 is 23.9 Å². The number of nitrogens with two attached hydrogens (primary N) is 1. The number of ether oxygens (including phenoxy) is 3. The van der Waals surface area contributed by atoms with Crippen molar-refractivity contribution in [3.05, 3.63) is 27.8 Å². The summed E-state index contributed by atoms with van der Waals surface area (Å²) in [5, 5.41) is 11.0. The minimum atomic E-state index is -1.27. The maximum Gasteiger partial charge on any atom is 0.327 e. The Morgan fingerprint density at radius 1 is 1.26 bits per heavy atom. The third-order valence-corrected chi connectivity index (χ3v) is 2.52. The molecule has 1 atom stereocenters. The molecule has 0 fully saturated rings. The van der Waals surface area contributed by atoms with Gasteiger partial charge in [0.05, 0.1) is 37.9 Å². The molecule has 8 nitrogen and oxygen atoms in total. The number of nitro benzene ring substituents is 1. The lowest BCUT2D eigenvalue weighted by Gasteiger charge is -2.13. The van der Waals surface area contributed by atoms with E-state index in [4.69, 9.17) is 15.2 Å². The molecule has 19 heavy (non-hydrogen) atoms. The summed E-state index contributed by atoms with van der Waals surface area (Å²) in [5.41, 5.74) is 5.28. The van der Waals surface area contributed by atoms with Crippen LogP contribution in [0.1, 0.15) is 11.6 Å². The van der Waals surface area contributed by atoms with Crippen molar-refractivity contribution in [1.82, 2.24) is 0 Å². The van der Waals surface area contributed by atoms with E-state index in [1.54, 1.807) is 0 Å². The molecule has 0 bridgehead atoms. The van der Waals surface area contributed by atoms with E-state index in [2.05, 4.69) is 4.74 Å². The predicted molar refractivity (Wildman–Crippen MR) is 65.1 cm³/mol. The van der Waals surface area contributed by atoms with E-state index < -0.39 is 16.9 Å². The van der Waals surface area contributed by atoms with Crippen molar-refractivity contribution in [2.75, 3.05) is 21.3 Å².